The second-order valence-corrected chi connectivity index (χ2v) is 9.24. The molecule has 1 fully saturated rings. The first-order valence-electron chi connectivity index (χ1n) is 8.01. The van der Waals surface area contributed by atoms with Crippen molar-refractivity contribution in [3.05, 3.63) is 39.0 Å². The molecule has 1 aromatic rings. The Hall–Kier alpha value is -1.17. The number of sulfonamides is 1. The molecule has 0 aliphatic carbocycles. The van der Waals surface area contributed by atoms with Crippen LogP contribution in [0.1, 0.15) is 5.56 Å². The number of amides is 1. The van der Waals surface area contributed by atoms with Gasteiger partial charge >= 0.3 is 0 Å². The van der Waals surface area contributed by atoms with Gasteiger partial charge in [0, 0.05) is 24.3 Å². The van der Waals surface area contributed by atoms with Crippen molar-refractivity contribution in [2.24, 2.45) is 0 Å². The number of hydrazine groups is 1. The molecule has 0 aromatic heterocycles. The Bertz CT molecular complexity index is 850. The normalized spacial score (nSPS) is 17.8. The summed E-state index contributed by atoms with van der Waals surface area (Å²) in [7, 11) is -3.90. The number of rotatable bonds is 5. The first-order chi connectivity index (χ1) is 12.8. The van der Waals surface area contributed by atoms with Crippen LogP contribution in [0.5, 0.6) is 0 Å². The third-order valence-electron chi connectivity index (χ3n) is 3.91. The lowest BCUT2D eigenvalue weighted by Gasteiger charge is -2.28. The predicted octanol–water partition coefficient (Wildman–Crippen LogP) is 1.71. The van der Waals surface area contributed by atoms with Crippen LogP contribution in [0.3, 0.4) is 0 Å². The second-order valence-electron chi connectivity index (χ2n) is 5.95. The third kappa shape index (κ3) is 5.01. The highest BCUT2D eigenvalue weighted by molar-refractivity contribution is 8.02. The standard InChI is InChI=1S/C15H18Cl2N4O4S2/c1-10-6-11(16)7-12(17)15(10)27(23,24)18-13-8-21(19-26-13)9-14(22)20-2-4-25-5-3-20/h6-8,18-19H,2-5,9H2,1H3. The topological polar surface area (TPSA) is 91.0 Å². The Kier molecular flexibility index (Phi) is 6.44. The SMILES string of the molecule is Cc1cc(Cl)cc(Cl)c1S(=O)(=O)NC1=CN(CC(=O)N2CCOCC2)NS1. The summed E-state index contributed by atoms with van der Waals surface area (Å²) in [6.45, 7) is 3.85. The van der Waals surface area contributed by atoms with Gasteiger partial charge in [-0.1, -0.05) is 23.2 Å². The number of halogens is 2. The highest BCUT2D eigenvalue weighted by Gasteiger charge is 2.26. The minimum atomic E-state index is -3.90. The molecule has 0 atom stereocenters. The van der Waals surface area contributed by atoms with E-state index in [4.69, 9.17) is 27.9 Å². The van der Waals surface area contributed by atoms with E-state index in [1.807, 2.05) is 0 Å². The van der Waals surface area contributed by atoms with Gasteiger partial charge in [0.25, 0.3) is 10.0 Å². The molecule has 3 rings (SSSR count). The van der Waals surface area contributed by atoms with E-state index in [9.17, 15) is 13.2 Å². The fourth-order valence-electron chi connectivity index (χ4n) is 2.70. The van der Waals surface area contributed by atoms with Crippen LogP contribution in [0.2, 0.25) is 10.0 Å². The summed E-state index contributed by atoms with van der Waals surface area (Å²) in [4.78, 5) is 16.8. The maximum Gasteiger partial charge on any atom is 0.264 e. The Morgan fingerprint density at radius 1 is 1.33 bits per heavy atom. The van der Waals surface area contributed by atoms with Crippen molar-refractivity contribution in [2.45, 2.75) is 11.8 Å². The quantitative estimate of drug-likeness (QED) is 0.656. The molecule has 2 heterocycles. The second kappa shape index (κ2) is 8.46. The molecule has 8 nitrogen and oxygen atoms in total. The summed E-state index contributed by atoms with van der Waals surface area (Å²) in [5.74, 6) is -0.0663. The van der Waals surface area contributed by atoms with E-state index in [2.05, 4.69) is 9.55 Å². The van der Waals surface area contributed by atoms with Crippen LogP contribution in [0, 0.1) is 6.92 Å². The zero-order valence-corrected chi connectivity index (χ0v) is 17.5. The highest BCUT2D eigenvalue weighted by atomic mass is 35.5. The lowest BCUT2D eigenvalue weighted by atomic mass is 10.2. The van der Waals surface area contributed by atoms with E-state index in [1.54, 1.807) is 11.8 Å². The van der Waals surface area contributed by atoms with Gasteiger partial charge in [-0.2, -0.15) is 4.83 Å². The van der Waals surface area contributed by atoms with Gasteiger partial charge in [-0.25, -0.2) is 8.42 Å². The number of aryl methyl sites for hydroxylation is 1. The van der Waals surface area contributed by atoms with Crippen LogP contribution >= 0.6 is 35.1 Å². The van der Waals surface area contributed by atoms with Gasteiger partial charge in [0.2, 0.25) is 5.91 Å². The largest absolute Gasteiger partial charge is 0.378 e. The first-order valence-corrected chi connectivity index (χ1v) is 11.1. The minimum Gasteiger partial charge on any atom is -0.378 e. The van der Waals surface area contributed by atoms with E-state index < -0.39 is 10.0 Å². The Balaban J connectivity index is 1.67. The number of carbonyl (C=O) groups excluding carboxylic acids is 1. The molecule has 2 aliphatic rings. The van der Waals surface area contributed by atoms with Crippen LogP contribution in [-0.2, 0) is 19.6 Å². The monoisotopic (exact) mass is 452 g/mol. The molecular weight excluding hydrogens is 435 g/mol. The van der Waals surface area contributed by atoms with Crippen LogP contribution in [0.25, 0.3) is 0 Å². The molecule has 148 valence electrons. The van der Waals surface area contributed by atoms with Gasteiger partial charge in [0.15, 0.2) is 0 Å². The van der Waals surface area contributed by atoms with E-state index in [0.29, 0.717) is 41.9 Å². The van der Waals surface area contributed by atoms with E-state index >= 15 is 0 Å². The number of hydrogen-bond acceptors (Lipinski definition) is 7. The Morgan fingerprint density at radius 2 is 2.04 bits per heavy atom. The molecule has 1 amide bonds. The maximum atomic E-state index is 12.7. The predicted molar refractivity (Wildman–Crippen MR) is 104 cm³/mol. The Labute approximate surface area is 172 Å². The average molecular weight is 453 g/mol. The van der Waals surface area contributed by atoms with Crippen molar-refractivity contribution < 1.29 is 17.9 Å². The van der Waals surface area contributed by atoms with Crippen molar-refractivity contribution in [2.75, 3.05) is 32.8 Å². The number of benzene rings is 1. The molecule has 0 radical (unpaired) electrons. The van der Waals surface area contributed by atoms with Crippen molar-refractivity contribution >= 4 is 51.1 Å². The van der Waals surface area contributed by atoms with Crippen molar-refractivity contribution in [3.8, 4) is 0 Å². The first kappa shape index (κ1) is 20.6. The van der Waals surface area contributed by atoms with Crippen molar-refractivity contribution in [1.29, 1.82) is 0 Å². The fraction of sp³-hybridized carbons (Fsp3) is 0.400. The molecule has 2 N–H and O–H groups in total. The smallest absolute Gasteiger partial charge is 0.264 e. The molecule has 0 spiro atoms. The number of ether oxygens (including phenoxy) is 1. The summed E-state index contributed by atoms with van der Waals surface area (Å²) < 4.78 is 33.1. The maximum absolute atomic E-state index is 12.7. The summed E-state index contributed by atoms with van der Waals surface area (Å²) in [6.07, 6.45) is 1.53. The van der Waals surface area contributed by atoms with E-state index in [1.165, 1.54) is 23.3 Å². The number of carbonyl (C=O) groups is 1. The number of nitrogens with zero attached hydrogens (tertiary/aromatic N) is 2. The Morgan fingerprint density at radius 3 is 2.70 bits per heavy atom. The zero-order valence-electron chi connectivity index (χ0n) is 14.4. The molecule has 0 unspecified atom stereocenters. The van der Waals surface area contributed by atoms with Crippen LogP contribution in [0.4, 0.5) is 0 Å². The molecule has 0 bridgehead atoms. The number of morpholine rings is 1. The van der Waals surface area contributed by atoms with Gasteiger partial charge in [0.05, 0.1) is 18.2 Å². The molecule has 27 heavy (non-hydrogen) atoms. The lowest BCUT2D eigenvalue weighted by molar-refractivity contribution is -0.136. The minimum absolute atomic E-state index is 0.0297. The summed E-state index contributed by atoms with van der Waals surface area (Å²) in [6, 6.07) is 2.91. The van der Waals surface area contributed by atoms with Gasteiger partial charge in [-0.3, -0.25) is 14.5 Å². The molecular formula is C15H18Cl2N4O4S2. The van der Waals surface area contributed by atoms with E-state index in [0.717, 1.165) is 11.9 Å². The van der Waals surface area contributed by atoms with E-state index in [-0.39, 0.29) is 22.4 Å². The highest BCUT2D eigenvalue weighted by Crippen LogP contribution is 2.30. The summed E-state index contributed by atoms with van der Waals surface area (Å²) in [5.41, 5.74) is 0.441. The van der Waals surface area contributed by atoms with Crippen LogP contribution in [-0.4, -0.2) is 57.1 Å². The fourth-order valence-corrected chi connectivity index (χ4v) is 5.82. The van der Waals surface area contributed by atoms with Crippen molar-refractivity contribution in [3.63, 3.8) is 0 Å². The summed E-state index contributed by atoms with van der Waals surface area (Å²) >= 11 is 13.0. The molecule has 1 aromatic carbocycles. The molecule has 0 saturated carbocycles. The van der Waals surface area contributed by atoms with Crippen molar-refractivity contribution in [1.82, 2.24) is 19.5 Å². The van der Waals surface area contributed by atoms with Gasteiger partial charge in [0.1, 0.15) is 16.5 Å². The molecule has 2 aliphatic heterocycles. The molecule has 1 saturated heterocycles. The number of nitrogens with one attached hydrogen (secondary N) is 2. The number of hydrogen-bond donors (Lipinski definition) is 2. The third-order valence-corrected chi connectivity index (χ3v) is 6.99. The van der Waals surface area contributed by atoms with Crippen LogP contribution in [0.15, 0.2) is 28.3 Å². The molecule has 12 heteroatoms. The summed E-state index contributed by atoms with van der Waals surface area (Å²) in [5, 5.41) is 2.26. The van der Waals surface area contributed by atoms with Gasteiger partial charge < -0.3 is 9.64 Å². The van der Waals surface area contributed by atoms with Crippen LogP contribution < -0.4 is 9.55 Å². The lowest BCUT2D eigenvalue weighted by Crippen LogP contribution is -2.45. The van der Waals surface area contributed by atoms with Gasteiger partial charge in [-0.15, -0.1) is 0 Å². The average Bonchev–Trinajstić information content (AvgIpc) is 3.00. The van der Waals surface area contributed by atoms with Gasteiger partial charge in [-0.05, 0) is 36.6 Å². The zero-order chi connectivity index (χ0) is 19.6.